The maximum atomic E-state index is 14.5. The van der Waals surface area contributed by atoms with Crippen LogP contribution < -0.4 is 19.9 Å². The van der Waals surface area contributed by atoms with Gasteiger partial charge in [0, 0.05) is 0 Å². The second-order valence-corrected chi connectivity index (χ2v) is 22.2. The number of amides is 1. The standard InChI is InChI=1S/C21H26N2.C17H12F5NO2.2ClH.Ru/c1-14-9-16(3)20(17(4)10-14)22-7-8-23(13-22)21-18(5)11-15(2)12-19(21)6;1-7(2)25-10-5-4-9(6-8(10)3)23-17(24)11-12(18)14(20)16(22)15(21)13(11)19;;;/h9-12H,7-8H2,1-6H3;3-7H,1-2H3,(H,23,24);2*1H;/q;;;;+2/p-2. The number of ether oxygens (including phenoxy) is 1. The Hall–Kier alpha value is -3.66. The van der Waals surface area contributed by atoms with E-state index in [1.54, 1.807) is 4.61 Å². The van der Waals surface area contributed by atoms with Crippen LogP contribution in [0.15, 0.2) is 42.5 Å². The molecule has 5 nitrogen and oxygen atoms in total. The van der Waals surface area contributed by atoms with E-state index in [1.165, 1.54) is 18.2 Å². The second-order valence-electron chi connectivity index (χ2n) is 12.9. The van der Waals surface area contributed by atoms with Gasteiger partial charge in [0.2, 0.25) is 0 Å². The number of carbonyl (C=O) groups excluding carboxylic acids is 1. The summed E-state index contributed by atoms with van der Waals surface area (Å²) in [5, 5.41) is 2.25. The van der Waals surface area contributed by atoms with Gasteiger partial charge in [0.1, 0.15) is 0 Å². The van der Waals surface area contributed by atoms with Crippen LogP contribution in [0.25, 0.3) is 0 Å². The molecule has 1 heterocycles. The Kier molecular flexibility index (Phi) is 11.2. The first-order valence-electron chi connectivity index (χ1n) is 16.0. The molecule has 0 atom stereocenters. The molecule has 1 aliphatic heterocycles. The van der Waals surface area contributed by atoms with Crippen molar-refractivity contribution >= 4 is 51.3 Å². The molecule has 4 aromatic carbocycles. The van der Waals surface area contributed by atoms with E-state index >= 15 is 0 Å². The molecule has 1 N–H and O–H groups in total. The summed E-state index contributed by atoms with van der Waals surface area (Å²) >= 11 is -4.18. The maximum absolute atomic E-state index is 14.5. The van der Waals surface area contributed by atoms with Crippen molar-refractivity contribution in [2.24, 2.45) is 0 Å². The summed E-state index contributed by atoms with van der Waals surface area (Å²) in [6.45, 7) is 17.1. The number of carbonyl (C=O) groups is 1. The van der Waals surface area contributed by atoms with E-state index in [2.05, 4.69) is 39.4 Å². The molecule has 1 amide bonds. The van der Waals surface area contributed by atoms with E-state index in [0.717, 1.165) is 44.8 Å². The Morgan fingerprint density at radius 2 is 1.18 bits per heavy atom. The average Bonchev–Trinajstić information content (AvgIpc) is 3.44. The Labute approximate surface area is 304 Å². The summed E-state index contributed by atoms with van der Waals surface area (Å²) in [5.74, 6) is -12.5. The molecule has 13 heteroatoms. The molecule has 0 saturated carbocycles. The average molecular weight is 836 g/mol. The number of hydrogen-bond acceptors (Lipinski definition) is 4. The van der Waals surface area contributed by atoms with E-state index < -0.39 is 52.4 Å². The molecule has 1 fully saturated rings. The topological polar surface area (TPSA) is 44.8 Å². The molecule has 274 valence electrons. The van der Waals surface area contributed by atoms with Crippen molar-refractivity contribution in [3.63, 3.8) is 0 Å². The van der Waals surface area contributed by atoms with Crippen LogP contribution in [-0.4, -0.2) is 34.1 Å². The van der Waals surface area contributed by atoms with Crippen molar-refractivity contribution in [2.45, 2.75) is 61.5 Å². The van der Waals surface area contributed by atoms with Crippen molar-refractivity contribution in [2.75, 3.05) is 28.2 Å². The van der Waals surface area contributed by atoms with E-state index in [0.29, 0.717) is 28.8 Å². The quantitative estimate of drug-likeness (QED) is 0.0872. The van der Waals surface area contributed by atoms with E-state index in [1.807, 2.05) is 55.4 Å². The first kappa shape index (κ1) is 38.6. The summed E-state index contributed by atoms with van der Waals surface area (Å²) in [7, 11) is 15.2. The number of anilines is 3. The van der Waals surface area contributed by atoms with E-state index in [-0.39, 0.29) is 11.8 Å². The normalized spacial score (nSPS) is 13.7. The molecule has 0 spiro atoms. The van der Waals surface area contributed by atoms with Gasteiger partial charge in [-0.3, -0.25) is 0 Å². The van der Waals surface area contributed by atoms with Gasteiger partial charge in [0.25, 0.3) is 0 Å². The molecule has 51 heavy (non-hydrogen) atoms. The fraction of sp³-hybridized carbons (Fsp3) is 0.289. The van der Waals surface area contributed by atoms with E-state index in [9.17, 15) is 26.7 Å². The zero-order chi connectivity index (χ0) is 37.7. The second kappa shape index (κ2) is 14.8. The number of aryl methyl sites for hydroxylation is 6. The fourth-order valence-electron chi connectivity index (χ4n) is 6.63. The summed E-state index contributed by atoms with van der Waals surface area (Å²) in [6, 6.07) is 12.8. The Morgan fingerprint density at radius 3 is 1.61 bits per heavy atom. The fourth-order valence-corrected chi connectivity index (χ4v) is 12.6. The van der Waals surface area contributed by atoms with Crippen molar-refractivity contribution in [3.05, 3.63) is 116 Å². The van der Waals surface area contributed by atoms with Crippen LogP contribution in [0.2, 0.25) is 0 Å². The predicted octanol–water partition coefficient (Wildman–Crippen LogP) is 10.00. The van der Waals surface area contributed by atoms with Gasteiger partial charge in [-0.2, -0.15) is 0 Å². The van der Waals surface area contributed by atoms with Crippen LogP contribution in [0.1, 0.15) is 63.1 Å². The number of halogens is 7. The van der Waals surface area contributed by atoms with E-state index in [4.69, 9.17) is 24.1 Å². The Bertz CT molecular complexity index is 2070. The minimum atomic E-state index is -4.18. The van der Waals surface area contributed by atoms with Gasteiger partial charge in [0.05, 0.1) is 0 Å². The molecule has 0 bridgehead atoms. The zero-order valence-corrected chi connectivity index (χ0v) is 32.6. The third-order valence-electron chi connectivity index (χ3n) is 8.31. The third-order valence-corrected chi connectivity index (χ3v) is 13.8. The molecular formula is C38H38Cl2F5N3O2Ru. The van der Waals surface area contributed by atoms with Gasteiger partial charge in [-0.05, 0) is 0 Å². The van der Waals surface area contributed by atoms with Crippen molar-refractivity contribution in [1.29, 1.82) is 0 Å². The van der Waals surface area contributed by atoms with Crippen molar-refractivity contribution in [3.8, 4) is 5.75 Å². The van der Waals surface area contributed by atoms with Crippen molar-refractivity contribution in [1.82, 2.24) is 0 Å². The SMILES string of the molecule is Cc1cc(C)c(N2CCN(c3c(C)cc(C)cc3C)[C]2=[Ru]([Cl])([Cl])=[CH]c2cc(NC(=O)c3c(F)c(F)c(F)c(F)c3F)ccc2OC(C)C)c(C)c1. The summed E-state index contributed by atoms with van der Waals surface area (Å²) in [6.07, 6.45) is -0.292. The van der Waals surface area contributed by atoms with Gasteiger partial charge in [-0.25, -0.2) is 0 Å². The molecule has 5 rings (SSSR count). The van der Waals surface area contributed by atoms with Gasteiger partial charge in [-0.15, -0.1) is 0 Å². The number of nitrogens with zero attached hydrogens (tertiary/aromatic N) is 2. The zero-order valence-electron chi connectivity index (χ0n) is 29.3. The molecule has 0 unspecified atom stereocenters. The number of rotatable bonds is 7. The number of benzene rings is 4. The first-order chi connectivity index (χ1) is 23.8. The van der Waals surface area contributed by atoms with Gasteiger partial charge < -0.3 is 0 Å². The molecule has 0 aliphatic carbocycles. The molecular weight excluding hydrogens is 797 g/mol. The first-order valence-corrected chi connectivity index (χ1v) is 22.4. The number of hydrogen-bond donors (Lipinski definition) is 1. The molecule has 0 aromatic heterocycles. The van der Waals surface area contributed by atoms with Crippen LogP contribution in [0.4, 0.5) is 39.0 Å². The Balaban J connectivity index is 1.75. The Morgan fingerprint density at radius 1 is 0.745 bits per heavy atom. The van der Waals surface area contributed by atoms with Crippen molar-refractivity contribution < 1.29 is 43.4 Å². The predicted molar refractivity (Wildman–Crippen MR) is 194 cm³/mol. The molecule has 1 saturated heterocycles. The monoisotopic (exact) mass is 835 g/mol. The van der Waals surface area contributed by atoms with Gasteiger partial charge in [0.15, 0.2) is 0 Å². The third kappa shape index (κ3) is 7.62. The van der Waals surface area contributed by atoms with Crippen LogP contribution in [0.5, 0.6) is 5.75 Å². The van der Waals surface area contributed by atoms with Gasteiger partial charge in [-0.1, -0.05) is 0 Å². The molecule has 4 aromatic rings. The molecule has 0 radical (unpaired) electrons. The molecule has 1 aliphatic rings. The van der Waals surface area contributed by atoms with Crippen LogP contribution >= 0.6 is 19.4 Å². The van der Waals surface area contributed by atoms with Crippen LogP contribution in [0.3, 0.4) is 0 Å². The van der Waals surface area contributed by atoms with Crippen LogP contribution in [-0.2, 0) is 11.9 Å². The summed E-state index contributed by atoms with van der Waals surface area (Å²) in [5.41, 5.74) is 7.15. The van der Waals surface area contributed by atoms with Gasteiger partial charge >= 0.3 is 306 Å². The summed E-state index contributed by atoms with van der Waals surface area (Å²) < 4.78 is 79.0. The number of nitrogens with one attached hydrogen (secondary N) is 1. The minimum absolute atomic E-state index is 0.0182. The van der Waals surface area contributed by atoms with Crippen LogP contribution in [0, 0.1) is 70.6 Å². The summed E-state index contributed by atoms with van der Waals surface area (Å²) in [4.78, 5) is 17.3.